The van der Waals surface area contributed by atoms with E-state index in [0.717, 1.165) is 24.3 Å². The topological polar surface area (TPSA) is 88.0 Å². The predicted octanol–water partition coefficient (Wildman–Crippen LogP) is 0.672. The van der Waals surface area contributed by atoms with Gasteiger partial charge in [-0.2, -0.15) is 0 Å². The van der Waals surface area contributed by atoms with Crippen LogP contribution in [0.25, 0.3) is 0 Å². The highest BCUT2D eigenvalue weighted by molar-refractivity contribution is 8.02. The van der Waals surface area contributed by atoms with Gasteiger partial charge in [-0.3, -0.25) is 4.57 Å². The smallest absolute Gasteiger partial charge is 0.343 e. The number of hydrogen-bond acceptors (Lipinski definition) is 4. The largest absolute Gasteiger partial charge is 0.478 e. The molecule has 0 atom stereocenters. The summed E-state index contributed by atoms with van der Waals surface area (Å²) in [5, 5.41) is 16.3. The van der Waals surface area contributed by atoms with Crippen molar-refractivity contribution in [2.75, 3.05) is 0 Å². The molecule has 15 heavy (non-hydrogen) atoms. The molecule has 0 aromatic carbocycles. The minimum Gasteiger partial charge on any atom is -0.478 e. The quantitative estimate of drug-likeness (QED) is 0.572. The van der Waals surface area contributed by atoms with E-state index in [2.05, 4.69) is 10.2 Å². The third-order valence-electron chi connectivity index (χ3n) is 1.55. The molecule has 6 nitrogen and oxygen atoms in total. The van der Waals surface area contributed by atoms with E-state index in [0.29, 0.717) is 11.7 Å². The molecule has 1 aromatic rings. The van der Waals surface area contributed by atoms with Crippen LogP contribution in [0.1, 0.15) is 13.3 Å². The van der Waals surface area contributed by atoms with Gasteiger partial charge in [-0.1, -0.05) is 18.7 Å². The summed E-state index contributed by atoms with van der Waals surface area (Å²) in [6.45, 7) is 2.51. The summed E-state index contributed by atoms with van der Waals surface area (Å²) in [7, 11) is 0. The van der Waals surface area contributed by atoms with Crippen LogP contribution in [-0.2, 0) is 11.3 Å². The Hall–Kier alpha value is -1.50. The van der Waals surface area contributed by atoms with Crippen molar-refractivity contribution in [3.05, 3.63) is 22.0 Å². The molecular weight excluding hydrogens is 218 g/mol. The van der Waals surface area contributed by atoms with Crippen LogP contribution in [-0.4, -0.2) is 25.8 Å². The lowest BCUT2D eigenvalue weighted by Crippen LogP contribution is -2.17. The monoisotopic (exact) mass is 229 g/mol. The summed E-state index contributed by atoms with van der Waals surface area (Å²) in [4.78, 5) is 21.4. The maximum atomic E-state index is 11.2. The first-order chi connectivity index (χ1) is 7.15. The van der Waals surface area contributed by atoms with Crippen LogP contribution in [0.5, 0.6) is 0 Å². The highest BCUT2D eigenvalue weighted by Crippen LogP contribution is 2.14. The Balaban J connectivity index is 2.76. The zero-order chi connectivity index (χ0) is 11.3. The van der Waals surface area contributed by atoms with Gasteiger partial charge in [0.1, 0.15) is 0 Å². The SMILES string of the molecule is CCCn1c(SC=CC(=O)O)n[nH]c1=O. The first kappa shape index (κ1) is 11.6. The van der Waals surface area contributed by atoms with Crippen molar-refractivity contribution >= 4 is 17.7 Å². The van der Waals surface area contributed by atoms with Crippen LogP contribution >= 0.6 is 11.8 Å². The van der Waals surface area contributed by atoms with Crippen molar-refractivity contribution < 1.29 is 9.90 Å². The number of aromatic nitrogens is 3. The number of carbonyl (C=O) groups is 1. The van der Waals surface area contributed by atoms with Gasteiger partial charge in [-0.05, 0) is 11.8 Å². The average Bonchev–Trinajstić information content (AvgIpc) is 2.50. The molecule has 0 saturated heterocycles. The minimum atomic E-state index is -1.03. The molecule has 0 spiro atoms. The van der Waals surface area contributed by atoms with Gasteiger partial charge in [-0.25, -0.2) is 14.7 Å². The number of thioether (sulfide) groups is 1. The molecule has 0 saturated carbocycles. The molecule has 0 aliphatic heterocycles. The van der Waals surface area contributed by atoms with Gasteiger partial charge in [0.2, 0.25) is 0 Å². The molecule has 82 valence electrons. The molecular formula is C8H11N3O3S. The number of carboxylic acid groups (broad SMARTS) is 1. The third-order valence-corrected chi connectivity index (χ3v) is 2.35. The fourth-order valence-corrected chi connectivity index (χ4v) is 1.67. The van der Waals surface area contributed by atoms with Crippen LogP contribution in [0.3, 0.4) is 0 Å². The number of carboxylic acids is 1. The third kappa shape index (κ3) is 3.28. The molecule has 1 heterocycles. The summed E-state index contributed by atoms with van der Waals surface area (Å²) in [5.74, 6) is -1.03. The summed E-state index contributed by atoms with van der Waals surface area (Å²) in [6.07, 6.45) is 1.82. The Morgan fingerprint density at radius 2 is 2.47 bits per heavy atom. The fraction of sp³-hybridized carbons (Fsp3) is 0.375. The second kappa shape index (κ2) is 5.40. The fourth-order valence-electron chi connectivity index (χ4n) is 0.967. The Morgan fingerprint density at radius 3 is 3.07 bits per heavy atom. The molecule has 0 aliphatic carbocycles. The maximum Gasteiger partial charge on any atom is 0.343 e. The van der Waals surface area contributed by atoms with Crippen molar-refractivity contribution in [3.8, 4) is 0 Å². The number of aliphatic carboxylic acids is 1. The van der Waals surface area contributed by atoms with Crippen molar-refractivity contribution in [2.45, 2.75) is 25.0 Å². The Labute approximate surface area is 90.0 Å². The number of hydrogen-bond donors (Lipinski definition) is 2. The number of H-pyrrole nitrogens is 1. The van der Waals surface area contributed by atoms with E-state index in [4.69, 9.17) is 5.11 Å². The van der Waals surface area contributed by atoms with Crippen molar-refractivity contribution in [2.24, 2.45) is 0 Å². The Bertz CT molecular complexity index is 421. The second-order valence-electron chi connectivity index (χ2n) is 2.72. The summed E-state index contributed by atoms with van der Waals surface area (Å²) in [5.41, 5.74) is -0.275. The van der Waals surface area contributed by atoms with Crippen LogP contribution in [0.4, 0.5) is 0 Å². The highest BCUT2D eigenvalue weighted by atomic mass is 32.2. The molecule has 0 amide bonds. The zero-order valence-electron chi connectivity index (χ0n) is 8.14. The maximum absolute atomic E-state index is 11.2. The van der Waals surface area contributed by atoms with E-state index < -0.39 is 5.97 Å². The van der Waals surface area contributed by atoms with Crippen molar-refractivity contribution in [3.63, 3.8) is 0 Å². The molecule has 1 aromatic heterocycles. The molecule has 1 rings (SSSR count). The van der Waals surface area contributed by atoms with E-state index in [1.807, 2.05) is 6.92 Å². The van der Waals surface area contributed by atoms with E-state index in [-0.39, 0.29) is 5.69 Å². The normalized spacial score (nSPS) is 11.0. The molecule has 7 heteroatoms. The summed E-state index contributed by atoms with van der Waals surface area (Å²) >= 11 is 1.10. The van der Waals surface area contributed by atoms with Crippen LogP contribution in [0, 0.1) is 0 Å². The first-order valence-corrected chi connectivity index (χ1v) is 5.24. The van der Waals surface area contributed by atoms with E-state index >= 15 is 0 Å². The molecule has 0 fully saturated rings. The molecule has 0 bridgehead atoms. The van der Waals surface area contributed by atoms with Gasteiger partial charge >= 0.3 is 11.7 Å². The van der Waals surface area contributed by atoms with Gasteiger partial charge in [0.15, 0.2) is 5.16 Å². The molecule has 0 unspecified atom stereocenters. The van der Waals surface area contributed by atoms with Gasteiger partial charge in [-0.15, -0.1) is 5.10 Å². The molecule has 0 aliphatic rings. The number of aromatic amines is 1. The Morgan fingerprint density at radius 1 is 1.73 bits per heavy atom. The standard InChI is InChI=1S/C8H11N3O3S/c1-2-4-11-7(14)9-10-8(11)15-5-3-6(12)13/h3,5H,2,4H2,1H3,(H,9,14)(H,12,13). The average molecular weight is 229 g/mol. The summed E-state index contributed by atoms with van der Waals surface area (Å²) in [6, 6.07) is 0. The lowest BCUT2D eigenvalue weighted by molar-refractivity contribution is -0.131. The van der Waals surface area contributed by atoms with Crippen LogP contribution in [0.2, 0.25) is 0 Å². The van der Waals surface area contributed by atoms with E-state index in [1.165, 1.54) is 9.98 Å². The van der Waals surface area contributed by atoms with Gasteiger partial charge in [0.05, 0.1) is 0 Å². The number of nitrogens with zero attached hydrogens (tertiary/aromatic N) is 2. The zero-order valence-corrected chi connectivity index (χ0v) is 8.95. The van der Waals surface area contributed by atoms with Gasteiger partial charge in [0, 0.05) is 12.6 Å². The van der Waals surface area contributed by atoms with E-state index in [9.17, 15) is 9.59 Å². The Kier molecular flexibility index (Phi) is 4.17. The summed E-state index contributed by atoms with van der Waals surface area (Å²) < 4.78 is 1.47. The van der Waals surface area contributed by atoms with Crippen molar-refractivity contribution in [1.29, 1.82) is 0 Å². The van der Waals surface area contributed by atoms with Crippen molar-refractivity contribution in [1.82, 2.24) is 14.8 Å². The van der Waals surface area contributed by atoms with E-state index in [1.54, 1.807) is 0 Å². The number of nitrogens with one attached hydrogen (secondary N) is 1. The van der Waals surface area contributed by atoms with Gasteiger partial charge < -0.3 is 5.11 Å². The first-order valence-electron chi connectivity index (χ1n) is 4.36. The predicted molar refractivity (Wildman–Crippen MR) is 55.8 cm³/mol. The molecule has 0 radical (unpaired) electrons. The second-order valence-corrected chi connectivity index (χ2v) is 3.59. The lowest BCUT2D eigenvalue weighted by atomic mass is 10.5. The van der Waals surface area contributed by atoms with Crippen LogP contribution < -0.4 is 5.69 Å². The highest BCUT2D eigenvalue weighted by Gasteiger charge is 2.05. The molecule has 2 N–H and O–H groups in total. The minimum absolute atomic E-state index is 0.275. The lowest BCUT2D eigenvalue weighted by Gasteiger charge is -1.99. The number of rotatable bonds is 5. The van der Waals surface area contributed by atoms with Crippen LogP contribution in [0.15, 0.2) is 21.4 Å². The van der Waals surface area contributed by atoms with Gasteiger partial charge in [0.25, 0.3) is 0 Å².